The van der Waals surface area contributed by atoms with E-state index in [1.807, 2.05) is 12.4 Å². The maximum Gasteiger partial charge on any atom is 0.128 e. The minimum atomic E-state index is 0.739. The van der Waals surface area contributed by atoms with Crippen LogP contribution in [0.1, 0.15) is 18.3 Å². The molecule has 0 bridgehead atoms. The molecule has 1 aromatic carbocycles. The van der Waals surface area contributed by atoms with Gasteiger partial charge in [-0.2, -0.15) is 0 Å². The van der Waals surface area contributed by atoms with Crippen molar-refractivity contribution in [1.29, 1.82) is 0 Å². The first-order chi connectivity index (χ1) is 8.22. The summed E-state index contributed by atoms with van der Waals surface area (Å²) in [6, 6.07) is 6.20. The van der Waals surface area contributed by atoms with Gasteiger partial charge in [0, 0.05) is 29.1 Å². The molecule has 2 rings (SSSR count). The maximum absolute atomic E-state index is 4.34. The summed E-state index contributed by atoms with van der Waals surface area (Å²) in [4.78, 5) is 4.34. The highest BCUT2D eigenvalue weighted by atomic mass is 79.9. The molecule has 0 saturated carbocycles. The summed E-state index contributed by atoms with van der Waals surface area (Å²) >= 11 is 3.59. The Morgan fingerprint density at radius 2 is 2.24 bits per heavy atom. The van der Waals surface area contributed by atoms with Gasteiger partial charge in [-0.1, -0.05) is 12.1 Å². The van der Waals surface area contributed by atoms with Crippen molar-refractivity contribution < 1.29 is 0 Å². The lowest BCUT2D eigenvalue weighted by molar-refractivity contribution is 0.708. The molecule has 1 aromatic heterocycles. The molecule has 1 heterocycles. The molecule has 0 atom stereocenters. The molecule has 1 N–H and O–H groups in total. The molecule has 0 unspecified atom stereocenters. The number of halogens is 1. The Kier molecular flexibility index (Phi) is 3.84. The Hall–Kier alpha value is -1.29. The topological polar surface area (TPSA) is 29.9 Å². The van der Waals surface area contributed by atoms with Gasteiger partial charge in [0.05, 0.1) is 6.54 Å². The number of aryl methyl sites for hydroxylation is 2. The van der Waals surface area contributed by atoms with Crippen molar-refractivity contribution >= 4 is 21.6 Å². The van der Waals surface area contributed by atoms with Gasteiger partial charge in [-0.3, -0.25) is 0 Å². The number of benzene rings is 1. The molecule has 0 saturated heterocycles. The van der Waals surface area contributed by atoms with Crippen LogP contribution in [0.2, 0.25) is 0 Å². The second-order valence-corrected chi connectivity index (χ2v) is 4.71. The summed E-state index contributed by atoms with van der Waals surface area (Å²) in [5.74, 6) is 1.06. The summed E-state index contributed by atoms with van der Waals surface area (Å²) in [7, 11) is 0. The van der Waals surface area contributed by atoms with Crippen LogP contribution in [0.25, 0.3) is 0 Å². The first-order valence-corrected chi connectivity index (χ1v) is 6.50. The second-order valence-electron chi connectivity index (χ2n) is 3.92. The van der Waals surface area contributed by atoms with Gasteiger partial charge in [-0.15, -0.1) is 0 Å². The van der Waals surface area contributed by atoms with Crippen LogP contribution in [-0.2, 0) is 13.1 Å². The molecule has 17 heavy (non-hydrogen) atoms. The van der Waals surface area contributed by atoms with Gasteiger partial charge in [-0.05, 0) is 41.4 Å². The molecule has 0 radical (unpaired) electrons. The Morgan fingerprint density at radius 3 is 3.00 bits per heavy atom. The molecule has 4 heteroatoms. The Morgan fingerprint density at radius 1 is 1.41 bits per heavy atom. The Balaban J connectivity index is 2.10. The van der Waals surface area contributed by atoms with Crippen molar-refractivity contribution in [2.75, 3.05) is 5.32 Å². The number of imidazole rings is 1. The van der Waals surface area contributed by atoms with E-state index in [2.05, 4.69) is 62.8 Å². The molecule has 0 aliphatic carbocycles. The molecule has 0 aliphatic heterocycles. The van der Waals surface area contributed by atoms with Crippen molar-refractivity contribution in [2.45, 2.75) is 26.9 Å². The molecule has 90 valence electrons. The van der Waals surface area contributed by atoms with E-state index in [1.54, 1.807) is 0 Å². The number of hydrogen-bond donors (Lipinski definition) is 1. The highest BCUT2D eigenvalue weighted by Crippen LogP contribution is 2.25. The van der Waals surface area contributed by atoms with E-state index in [9.17, 15) is 0 Å². The number of hydrogen-bond acceptors (Lipinski definition) is 2. The Bertz CT molecular complexity index is 505. The number of nitrogens with one attached hydrogen (secondary N) is 1. The summed E-state index contributed by atoms with van der Waals surface area (Å²) in [5.41, 5.74) is 2.34. The van der Waals surface area contributed by atoms with E-state index in [-0.39, 0.29) is 0 Å². The van der Waals surface area contributed by atoms with Crippen LogP contribution in [0.4, 0.5) is 5.69 Å². The molecule has 0 spiro atoms. The normalized spacial score (nSPS) is 10.5. The standard InChI is InChI=1S/C13H16BrN3/c1-3-17-8-7-15-12(17)9-16-11-6-4-5-10(2)13(11)14/h4-8,16H,3,9H2,1-2H3. The second kappa shape index (κ2) is 5.36. The predicted octanol–water partition coefficient (Wildman–Crippen LogP) is 3.59. The van der Waals surface area contributed by atoms with Crippen LogP contribution >= 0.6 is 15.9 Å². The van der Waals surface area contributed by atoms with Gasteiger partial charge >= 0.3 is 0 Å². The highest BCUT2D eigenvalue weighted by Gasteiger charge is 2.04. The average Bonchev–Trinajstić information content (AvgIpc) is 2.78. The van der Waals surface area contributed by atoms with Crippen LogP contribution in [0.5, 0.6) is 0 Å². The fourth-order valence-corrected chi connectivity index (χ4v) is 2.16. The molecule has 3 nitrogen and oxygen atoms in total. The van der Waals surface area contributed by atoms with Gasteiger partial charge in [0.2, 0.25) is 0 Å². The summed E-state index contributed by atoms with van der Waals surface area (Å²) in [5, 5.41) is 3.40. The molecular formula is C13H16BrN3. The van der Waals surface area contributed by atoms with E-state index in [0.717, 1.165) is 29.1 Å². The SMILES string of the molecule is CCn1ccnc1CNc1cccc(C)c1Br. The Labute approximate surface area is 110 Å². The highest BCUT2D eigenvalue weighted by molar-refractivity contribution is 9.10. The molecular weight excluding hydrogens is 278 g/mol. The van der Waals surface area contributed by atoms with E-state index in [0.29, 0.717) is 0 Å². The van der Waals surface area contributed by atoms with E-state index in [4.69, 9.17) is 0 Å². The van der Waals surface area contributed by atoms with Gasteiger partial charge < -0.3 is 9.88 Å². The molecule has 0 amide bonds. The fraction of sp³-hybridized carbons (Fsp3) is 0.308. The monoisotopic (exact) mass is 293 g/mol. The maximum atomic E-state index is 4.34. The number of nitrogens with zero attached hydrogens (tertiary/aromatic N) is 2. The number of anilines is 1. The summed E-state index contributed by atoms with van der Waals surface area (Å²) < 4.78 is 3.26. The zero-order chi connectivity index (χ0) is 12.3. The van der Waals surface area contributed by atoms with Gasteiger partial charge in [-0.25, -0.2) is 4.98 Å². The van der Waals surface area contributed by atoms with Gasteiger partial charge in [0.25, 0.3) is 0 Å². The third kappa shape index (κ3) is 2.69. The third-order valence-corrected chi connectivity index (χ3v) is 3.82. The lowest BCUT2D eigenvalue weighted by Gasteiger charge is -2.10. The van der Waals surface area contributed by atoms with Crippen LogP contribution in [0.3, 0.4) is 0 Å². The summed E-state index contributed by atoms with van der Waals surface area (Å²) in [6.07, 6.45) is 3.84. The molecule has 2 aromatic rings. The number of aromatic nitrogens is 2. The third-order valence-electron chi connectivity index (χ3n) is 2.77. The van der Waals surface area contributed by atoms with Crippen LogP contribution in [0, 0.1) is 6.92 Å². The quantitative estimate of drug-likeness (QED) is 0.934. The van der Waals surface area contributed by atoms with Crippen LogP contribution in [0.15, 0.2) is 35.1 Å². The van der Waals surface area contributed by atoms with E-state index >= 15 is 0 Å². The lowest BCUT2D eigenvalue weighted by Crippen LogP contribution is -2.07. The molecule has 0 fully saturated rings. The van der Waals surface area contributed by atoms with E-state index in [1.165, 1.54) is 5.56 Å². The van der Waals surface area contributed by atoms with Crippen molar-refractivity contribution in [2.24, 2.45) is 0 Å². The minimum Gasteiger partial charge on any atom is -0.377 e. The largest absolute Gasteiger partial charge is 0.377 e. The van der Waals surface area contributed by atoms with E-state index < -0.39 is 0 Å². The van der Waals surface area contributed by atoms with Crippen molar-refractivity contribution in [3.63, 3.8) is 0 Å². The van der Waals surface area contributed by atoms with Gasteiger partial charge in [0.1, 0.15) is 5.82 Å². The first-order valence-electron chi connectivity index (χ1n) is 5.71. The van der Waals surface area contributed by atoms with Crippen molar-refractivity contribution in [3.8, 4) is 0 Å². The zero-order valence-electron chi connectivity index (χ0n) is 10.1. The van der Waals surface area contributed by atoms with Crippen LogP contribution < -0.4 is 5.32 Å². The molecule has 0 aliphatic rings. The van der Waals surface area contributed by atoms with Gasteiger partial charge in [0.15, 0.2) is 0 Å². The lowest BCUT2D eigenvalue weighted by atomic mass is 10.2. The fourth-order valence-electron chi connectivity index (χ4n) is 1.75. The minimum absolute atomic E-state index is 0.739. The van der Waals surface area contributed by atoms with Crippen molar-refractivity contribution in [1.82, 2.24) is 9.55 Å². The zero-order valence-corrected chi connectivity index (χ0v) is 11.7. The first kappa shape index (κ1) is 12.2. The number of rotatable bonds is 4. The average molecular weight is 294 g/mol. The van der Waals surface area contributed by atoms with Crippen molar-refractivity contribution in [3.05, 3.63) is 46.5 Å². The van der Waals surface area contributed by atoms with Crippen LogP contribution in [-0.4, -0.2) is 9.55 Å². The summed E-state index contributed by atoms with van der Waals surface area (Å²) in [6.45, 7) is 5.89. The predicted molar refractivity (Wildman–Crippen MR) is 74.1 cm³/mol. The smallest absolute Gasteiger partial charge is 0.128 e.